The van der Waals surface area contributed by atoms with E-state index in [9.17, 15) is 0 Å². The van der Waals surface area contributed by atoms with E-state index in [0.717, 1.165) is 0 Å². The highest BCUT2D eigenvalue weighted by molar-refractivity contribution is 7.71. The minimum Gasteiger partial charge on any atom is -0.366 e. The van der Waals surface area contributed by atoms with E-state index >= 15 is 0 Å². The second-order valence-corrected chi connectivity index (χ2v) is 3.75. The van der Waals surface area contributed by atoms with Gasteiger partial charge in [-0.15, -0.1) is 0 Å². The summed E-state index contributed by atoms with van der Waals surface area (Å²) in [5.74, 6) is 0. The molecular weight excluding hydrogens is 192 g/mol. The number of ether oxygens (including phenoxy) is 1. The number of aromatic nitrogens is 4. The zero-order chi connectivity index (χ0) is 9.90. The van der Waals surface area contributed by atoms with Crippen LogP contribution in [-0.4, -0.2) is 32.8 Å². The molecule has 0 aliphatic carbocycles. The van der Waals surface area contributed by atoms with Gasteiger partial charge in [0.15, 0.2) is 0 Å². The molecule has 0 spiro atoms. The van der Waals surface area contributed by atoms with Gasteiger partial charge in [0.05, 0.1) is 5.60 Å². The molecule has 0 fully saturated rings. The Morgan fingerprint density at radius 2 is 2.23 bits per heavy atom. The number of tetrazole rings is 1. The average molecular weight is 204 g/mol. The molecule has 0 aliphatic heterocycles. The summed E-state index contributed by atoms with van der Waals surface area (Å²) in [5.41, 5.74) is -0.240. The topological polar surface area (TPSA) is 65.0 Å². The van der Waals surface area contributed by atoms with Gasteiger partial charge < -0.3 is 9.57 Å². The van der Waals surface area contributed by atoms with Crippen LogP contribution in [0.3, 0.4) is 0 Å². The molecule has 1 aromatic heterocycles. The highest BCUT2D eigenvalue weighted by Crippen LogP contribution is 2.04. The maximum atomic E-state index is 5.29. The highest BCUT2D eigenvalue weighted by Gasteiger charge is 2.10. The summed E-state index contributed by atoms with van der Waals surface area (Å²) in [6.07, 6.45) is 0. The van der Waals surface area contributed by atoms with Crippen molar-refractivity contribution in [3.63, 3.8) is 0 Å². The third kappa shape index (κ3) is 3.51. The van der Waals surface area contributed by atoms with Gasteiger partial charge in [0.25, 0.3) is 4.77 Å². The molecule has 1 aromatic rings. The Kier molecular flexibility index (Phi) is 2.99. The Balaban J connectivity index is 2.37. The van der Waals surface area contributed by atoms with Crippen molar-refractivity contribution in [2.75, 3.05) is 6.79 Å². The fourth-order valence-electron chi connectivity index (χ4n) is 0.529. The molecule has 0 aliphatic rings. The van der Waals surface area contributed by atoms with Crippen LogP contribution in [0.15, 0.2) is 0 Å². The standard InChI is InChI=1S/C6H12N4O2S/c1-6(2,3)11-4-12-10-5(13)7-8-9-10/h4H2,1-3H3,(H,7,9,13). The summed E-state index contributed by atoms with van der Waals surface area (Å²) in [6, 6.07) is 0. The van der Waals surface area contributed by atoms with Crippen LogP contribution in [0.25, 0.3) is 0 Å². The molecule has 0 aromatic carbocycles. The van der Waals surface area contributed by atoms with Crippen molar-refractivity contribution in [2.24, 2.45) is 0 Å². The summed E-state index contributed by atoms with van der Waals surface area (Å²) in [6.45, 7) is 5.89. The molecule has 1 rings (SSSR count). The largest absolute Gasteiger partial charge is 0.366 e. The van der Waals surface area contributed by atoms with E-state index in [2.05, 4.69) is 15.5 Å². The second-order valence-electron chi connectivity index (χ2n) is 3.38. The SMILES string of the molecule is CC(C)(C)OCOn1[nH]nnc1=S. The fraction of sp³-hybridized carbons (Fsp3) is 0.833. The van der Waals surface area contributed by atoms with Crippen LogP contribution in [0, 0.1) is 4.77 Å². The number of H-pyrrole nitrogens is 1. The highest BCUT2D eigenvalue weighted by atomic mass is 32.1. The molecule has 0 unspecified atom stereocenters. The van der Waals surface area contributed by atoms with Crippen molar-refractivity contribution >= 4 is 12.2 Å². The van der Waals surface area contributed by atoms with Gasteiger partial charge >= 0.3 is 0 Å². The van der Waals surface area contributed by atoms with Crippen LogP contribution in [-0.2, 0) is 4.74 Å². The molecule has 7 heteroatoms. The Labute approximate surface area is 80.8 Å². The molecule has 0 amide bonds. The Morgan fingerprint density at radius 1 is 1.54 bits per heavy atom. The van der Waals surface area contributed by atoms with Crippen molar-refractivity contribution < 1.29 is 9.57 Å². The zero-order valence-corrected chi connectivity index (χ0v) is 8.59. The molecule has 6 nitrogen and oxygen atoms in total. The fourth-order valence-corrected chi connectivity index (χ4v) is 0.663. The molecule has 74 valence electrons. The van der Waals surface area contributed by atoms with Crippen LogP contribution in [0.2, 0.25) is 0 Å². The number of hydrogen-bond acceptors (Lipinski definition) is 5. The van der Waals surface area contributed by atoms with E-state index in [0.29, 0.717) is 0 Å². The van der Waals surface area contributed by atoms with Gasteiger partial charge in [0.1, 0.15) is 0 Å². The number of nitrogens with zero attached hydrogens (tertiary/aromatic N) is 3. The van der Waals surface area contributed by atoms with Crippen LogP contribution in [0.5, 0.6) is 0 Å². The Bertz CT molecular complexity index is 313. The molecule has 0 atom stereocenters. The summed E-state index contributed by atoms with van der Waals surface area (Å²) >= 11 is 4.77. The lowest BCUT2D eigenvalue weighted by molar-refractivity contribution is -0.131. The first-order valence-corrected chi connectivity index (χ1v) is 4.17. The van der Waals surface area contributed by atoms with Crippen molar-refractivity contribution in [1.82, 2.24) is 20.4 Å². The minimum atomic E-state index is -0.240. The molecule has 0 radical (unpaired) electrons. The summed E-state index contributed by atoms with van der Waals surface area (Å²) < 4.78 is 5.53. The second kappa shape index (κ2) is 3.84. The lowest BCUT2D eigenvalue weighted by Crippen LogP contribution is -2.26. The van der Waals surface area contributed by atoms with E-state index in [1.54, 1.807) is 0 Å². The molecule has 1 heterocycles. The number of nitrogens with one attached hydrogen (secondary N) is 1. The normalized spacial score (nSPS) is 11.6. The summed E-state index contributed by atoms with van der Waals surface area (Å²) in [7, 11) is 0. The summed E-state index contributed by atoms with van der Waals surface area (Å²) in [4.78, 5) is 6.23. The lowest BCUT2D eigenvalue weighted by Gasteiger charge is -2.18. The summed E-state index contributed by atoms with van der Waals surface area (Å²) in [5, 5.41) is 9.40. The maximum absolute atomic E-state index is 5.29. The molecule has 0 saturated carbocycles. The lowest BCUT2D eigenvalue weighted by atomic mass is 10.2. The van der Waals surface area contributed by atoms with Crippen LogP contribution < -0.4 is 4.84 Å². The number of rotatable bonds is 3. The molecule has 0 saturated heterocycles. The van der Waals surface area contributed by atoms with Gasteiger partial charge in [-0.1, -0.05) is 9.94 Å². The van der Waals surface area contributed by atoms with Gasteiger partial charge in [-0.05, 0) is 38.2 Å². The zero-order valence-electron chi connectivity index (χ0n) is 7.77. The van der Waals surface area contributed by atoms with Gasteiger partial charge in [-0.3, -0.25) is 0 Å². The first-order chi connectivity index (χ1) is 5.99. The maximum Gasteiger partial charge on any atom is 0.276 e. The molecule has 1 N–H and O–H groups in total. The van der Waals surface area contributed by atoms with Gasteiger partial charge in [-0.2, -0.15) is 5.21 Å². The molecular formula is C6H12N4O2S. The molecule has 0 bridgehead atoms. The van der Waals surface area contributed by atoms with Crippen LogP contribution >= 0.6 is 12.2 Å². The first kappa shape index (κ1) is 10.1. The first-order valence-electron chi connectivity index (χ1n) is 3.76. The van der Waals surface area contributed by atoms with E-state index in [-0.39, 0.29) is 17.2 Å². The van der Waals surface area contributed by atoms with E-state index in [4.69, 9.17) is 21.8 Å². The smallest absolute Gasteiger partial charge is 0.276 e. The Morgan fingerprint density at radius 3 is 2.69 bits per heavy atom. The van der Waals surface area contributed by atoms with Crippen molar-refractivity contribution in [1.29, 1.82) is 0 Å². The quantitative estimate of drug-likeness (QED) is 0.575. The van der Waals surface area contributed by atoms with Crippen molar-refractivity contribution in [3.05, 3.63) is 4.77 Å². The van der Waals surface area contributed by atoms with Crippen molar-refractivity contribution in [2.45, 2.75) is 26.4 Å². The van der Waals surface area contributed by atoms with Crippen molar-refractivity contribution in [3.8, 4) is 0 Å². The Hall–Kier alpha value is -0.950. The monoisotopic (exact) mass is 204 g/mol. The van der Waals surface area contributed by atoms with E-state index in [1.807, 2.05) is 20.8 Å². The third-order valence-corrected chi connectivity index (χ3v) is 1.37. The third-order valence-electron chi connectivity index (χ3n) is 1.12. The predicted molar refractivity (Wildman–Crippen MR) is 47.5 cm³/mol. The predicted octanol–water partition coefficient (Wildman–Crippen LogP) is 0.537. The van der Waals surface area contributed by atoms with Gasteiger partial charge in [0, 0.05) is 0 Å². The van der Waals surface area contributed by atoms with Gasteiger partial charge in [-0.25, -0.2) is 0 Å². The number of aromatic amines is 1. The van der Waals surface area contributed by atoms with E-state index in [1.165, 1.54) is 4.85 Å². The minimum absolute atomic E-state index is 0.0989. The van der Waals surface area contributed by atoms with Crippen LogP contribution in [0.4, 0.5) is 0 Å². The van der Waals surface area contributed by atoms with E-state index < -0.39 is 0 Å². The van der Waals surface area contributed by atoms with Gasteiger partial charge in [0.2, 0.25) is 6.79 Å². The number of hydrogen-bond donors (Lipinski definition) is 1. The van der Waals surface area contributed by atoms with Crippen LogP contribution in [0.1, 0.15) is 20.8 Å². The average Bonchev–Trinajstić information content (AvgIpc) is 2.34. The molecule has 13 heavy (non-hydrogen) atoms.